The van der Waals surface area contributed by atoms with Gasteiger partial charge in [-0.05, 0) is 27.7 Å². The second kappa shape index (κ2) is 24.1. The number of aliphatic hydroxyl groups is 4. The quantitative estimate of drug-likeness (QED) is 0.130. The third-order valence-corrected chi connectivity index (χ3v) is 4.87. The molecule has 0 aromatic carbocycles. The van der Waals surface area contributed by atoms with E-state index in [1.807, 2.05) is 27.7 Å². The monoisotopic (exact) mass is 621 g/mol. The van der Waals surface area contributed by atoms with E-state index < -0.39 is 9.05 Å². The minimum atomic E-state index is -5.61. The van der Waals surface area contributed by atoms with E-state index in [1.165, 1.54) is 0 Å². The van der Waals surface area contributed by atoms with Crippen molar-refractivity contribution in [2.75, 3.05) is 111 Å². The number of nitrogens with zero attached hydrogens (tertiary/aromatic N) is 4. The van der Waals surface area contributed by atoms with Gasteiger partial charge in [0, 0.05) is 25.7 Å². The summed E-state index contributed by atoms with van der Waals surface area (Å²) in [5.74, 6) is 0. The Morgan fingerprint density at radius 2 is 0.488 bits per heavy atom. The van der Waals surface area contributed by atoms with Gasteiger partial charge in [-0.3, -0.25) is 0 Å². The zero-order valence-electron chi connectivity index (χ0n) is 29.7. The Balaban J connectivity index is -0.000000133. The summed E-state index contributed by atoms with van der Waals surface area (Å²) in [5, 5.41) is 35.6. The molecule has 0 radical (unpaired) electrons. The molecule has 4 atom stereocenters. The maximum absolute atomic E-state index is 8.91. The zero-order valence-corrected chi connectivity index (χ0v) is 30.7. The molecule has 4 N–H and O–H groups in total. The van der Waals surface area contributed by atoms with Gasteiger partial charge in [0.15, 0.2) is 0 Å². The maximum atomic E-state index is 8.91. The molecule has 0 saturated carbocycles. The number of quaternary nitrogens is 4. The Morgan fingerprint density at radius 3 is 0.512 bits per heavy atom. The molecule has 12 nitrogen and oxygen atoms in total. The van der Waals surface area contributed by atoms with Crippen molar-refractivity contribution in [2.24, 2.45) is 0 Å². The summed E-state index contributed by atoms with van der Waals surface area (Å²) in [4.78, 5) is 34.3. The average Bonchev–Trinajstić information content (AvgIpc) is 2.66. The molecule has 0 heterocycles. The van der Waals surface area contributed by atoms with Crippen LogP contribution in [0.15, 0.2) is 0 Å². The van der Waals surface area contributed by atoms with Gasteiger partial charge in [0.05, 0.1) is 135 Å². The zero-order chi connectivity index (χ0) is 34.5. The van der Waals surface area contributed by atoms with E-state index >= 15 is 0 Å². The SMILES string of the molecule is CC(O)CC[N+](C)(C)C.CC(O)CC[N+](C)(C)C.CC(O)CC[N+](C)(C)C.CC(O)CC[N+](C)(C)C.[O-][Si]([O-])([O-])[O-]. The van der Waals surface area contributed by atoms with Crippen molar-refractivity contribution in [1.29, 1.82) is 0 Å². The van der Waals surface area contributed by atoms with Gasteiger partial charge in [0.25, 0.3) is 0 Å². The van der Waals surface area contributed by atoms with Crippen molar-refractivity contribution in [3.63, 3.8) is 0 Å². The van der Waals surface area contributed by atoms with E-state index in [0.717, 1.165) is 69.8 Å². The van der Waals surface area contributed by atoms with E-state index in [9.17, 15) is 0 Å². The second-order valence-electron chi connectivity index (χ2n) is 15.1. The van der Waals surface area contributed by atoms with Crippen LogP contribution in [0.3, 0.4) is 0 Å². The first-order chi connectivity index (χ1) is 17.7. The molecule has 0 fully saturated rings. The van der Waals surface area contributed by atoms with Gasteiger partial charge < -0.3 is 66.6 Å². The molecule has 0 aromatic rings. The molecule has 0 aliphatic rings. The Morgan fingerprint density at radius 1 is 0.390 bits per heavy atom. The lowest BCUT2D eigenvalue weighted by atomic mass is 10.2. The molecule has 0 rings (SSSR count). The molecule has 0 spiro atoms. The summed E-state index contributed by atoms with van der Waals surface area (Å²) in [5.41, 5.74) is 0. The normalized spacial score (nSPS) is 15.2. The van der Waals surface area contributed by atoms with Crippen LogP contribution >= 0.6 is 0 Å². The van der Waals surface area contributed by atoms with E-state index in [0.29, 0.717) is 0 Å². The highest BCUT2D eigenvalue weighted by atomic mass is 28.4. The number of hydrogen-bond acceptors (Lipinski definition) is 8. The molecule has 0 saturated heterocycles. The molecule has 0 aliphatic heterocycles. The minimum Gasteiger partial charge on any atom is -0.894 e. The highest BCUT2D eigenvalue weighted by molar-refractivity contribution is 6.38. The third-order valence-electron chi connectivity index (χ3n) is 4.87. The summed E-state index contributed by atoms with van der Waals surface area (Å²) in [6, 6.07) is 0. The molecule has 0 aliphatic carbocycles. The van der Waals surface area contributed by atoms with Crippen LogP contribution in [-0.2, 0) is 0 Å². The predicted molar refractivity (Wildman–Crippen MR) is 163 cm³/mol. The summed E-state index contributed by atoms with van der Waals surface area (Å²) >= 11 is 0. The van der Waals surface area contributed by atoms with Gasteiger partial charge in [-0.25, -0.2) is 0 Å². The van der Waals surface area contributed by atoms with E-state index in [2.05, 4.69) is 84.6 Å². The maximum Gasteiger partial charge on any atom is 0.0805 e. The van der Waals surface area contributed by atoms with Crippen LogP contribution in [0, 0.1) is 0 Å². The van der Waals surface area contributed by atoms with Crippen LogP contribution in [0.25, 0.3) is 0 Å². The second-order valence-corrected chi connectivity index (χ2v) is 16.1. The van der Waals surface area contributed by atoms with Crippen LogP contribution in [-0.4, -0.2) is 183 Å². The van der Waals surface area contributed by atoms with Gasteiger partial charge >= 0.3 is 0 Å². The summed E-state index contributed by atoms with van der Waals surface area (Å²) in [6.45, 7) is 11.5. The van der Waals surface area contributed by atoms with E-state index in [1.54, 1.807) is 0 Å². The Bertz CT molecular complexity index is 468. The number of hydrogen-bond donors (Lipinski definition) is 4. The minimum absolute atomic E-state index is 0.151. The van der Waals surface area contributed by atoms with Gasteiger partial charge in [0.2, 0.25) is 0 Å². The van der Waals surface area contributed by atoms with Gasteiger partial charge in [-0.15, -0.1) is 0 Å². The van der Waals surface area contributed by atoms with Crippen LogP contribution < -0.4 is 19.2 Å². The van der Waals surface area contributed by atoms with Crippen LogP contribution in [0.2, 0.25) is 0 Å². The standard InChI is InChI=1S/4C7H18NO.O4Si/c4*1-7(9)5-6-8(2,3)4;1-5(2,3)4/h4*7,9H,5-6H2,1-4H3;/q4*+1;-4. The van der Waals surface area contributed by atoms with Crippen molar-refractivity contribution in [1.82, 2.24) is 0 Å². The Kier molecular flexibility index (Phi) is 29.6. The van der Waals surface area contributed by atoms with Crippen LogP contribution in [0.4, 0.5) is 0 Å². The molecule has 256 valence electrons. The molecular formula is C28H72N4O8Si. The smallest absolute Gasteiger partial charge is 0.0805 e. The first-order valence-electron chi connectivity index (χ1n) is 14.4. The molecule has 41 heavy (non-hydrogen) atoms. The van der Waals surface area contributed by atoms with Crippen molar-refractivity contribution in [3.8, 4) is 0 Å². The summed E-state index contributed by atoms with van der Waals surface area (Å²) < 4.78 is 3.74. The van der Waals surface area contributed by atoms with Crippen molar-refractivity contribution in [3.05, 3.63) is 0 Å². The molecule has 0 bridgehead atoms. The molecule has 0 amide bonds. The average molecular weight is 621 g/mol. The lowest BCUT2D eigenvalue weighted by Gasteiger charge is -2.67. The highest BCUT2D eigenvalue weighted by Crippen LogP contribution is 1.98. The fourth-order valence-corrected chi connectivity index (χ4v) is 2.30. The van der Waals surface area contributed by atoms with Crippen molar-refractivity contribution < 1.29 is 57.5 Å². The fraction of sp³-hybridized carbons (Fsp3) is 1.00. The molecular weight excluding hydrogens is 548 g/mol. The van der Waals surface area contributed by atoms with Gasteiger partial charge in [0.1, 0.15) is 0 Å². The lowest BCUT2D eigenvalue weighted by molar-refractivity contribution is -0.870. The number of rotatable bonds is 12. The summed E-state index contributed by atoms with van der Waals surface area (Å²) in [6.07, 6.45) is 2.97. The first kappa shape index (κ1) is 50.4. The van der Waals surface area contributed by atoms with Crippen LogP contribution in [0.1, 0.15) is 53.4 Å². The van der Waals surface area contributed by atoms with Gasteiger partial charge in [-0.1, -0.05) is 0 Å². The third kappa shape index (κ3) is 100. The van der Waals surface area contributed by atoms with E-state index in [-0.39, 0.29) is 24.4 Å². The first-order valence-corrected chi connectivity index (χ1v) is 16.1. The molecule has 0 aromatic heterocycles. The highest BCUT2D eigenvalue weighted by Gasteiger charge is 2.09. The largest absolute Gasteiger partial charge is 0.894 e. The lowest BCUT2D eigenvalue weighted by Crippen LogP contribution is -2.82. The van der Waals surface area contributed by atoms with Gasteiger partial charge in [-0.2, -0.15) is 0 Å². The molecule has 13 heteroatoms. The molecule has 4 unspecified atom stereocenters. The van der Waals surface area contributed by atoms with Crippen molar-refractivity contribution >= 4 is 9.05 Å². The van der Waals surface area contributed by atoms with Crippen LogP contribution in [0.5, 0.6) is 0 Å². The Hall–Kier alpha value is -0.263. The Labute approximate surface area is 255 Å². The van der Waals surface area contributed by atoms with Crippen molar-refractivity contribution in [2.45, 2.75) is 77.8 Å². The number of aliphatic hydroxyl groups excluding tert-OH is 4. The van der Waals surface area contributed by atoms with E-state index in [4.69, 9.17) is 39.6 Å². The fourth-order valence-electron chi connectivity index (χ4n) is 2.30. The predicted octanol–water partition coefficient (Wildman–Crippen LogP) is -3.28. The summed E-state index contributed by atoms with van der Waals surface area (Å²) in [7, 11) is 19.9. The topological polar surface area (TPSA) is 173 Å².